The molecule has 0 aromatic heterocycles. The molecule has 1 heterocycles. The Balaban J connectivity index is 2.14. The van der Waals surface area contributed by atoms with Gasteiger partial charge in [0.25, 0.3) is 0 Å². The fourth-order valence-electron chi connectivity index (χ4n) is 2.87. The fourth-order valence-corrected chi connectivity index (χ4v) is 2.87. The van der Waals surface area contributed by atoms with Gasteiger partial charge in [0.1, 0.15) is 6.04 Å². The molecule has 0 aromatic rings. The van der Waals surface area contributed by atoms with Crippen molar-refractivity contribution in [2.75, 3.05) is 6.61 Å². The van der Waals surface area contributed by atoms with Crippen LogP contribution in [-0.4, -0.2) is 24.5 Å². The van der Waals surface area contributed by atoms with Gasteiger partial charge in [0.15, 0.2) is 0 Å². The molecule has 1 spiro atoms. The van der Waals surface area contributed by atoms with E-state index < -0.39 is 6.04 Å². The molecule has 1 N–H and O–H groups in total. The van der Waals surface area contributed by atoms with Gasteiger partial charge in [0.05, 0.1) is 6.61 Å². The molecule has 2 aliphatic rings. The Morgan fingerprint density at radius 1 is 1.53 bits per heavy atom. The van der Waals surface area contributed by atoms with Crippen LogP contribution in [0.25, 0.3) is 0 Å². The Morgan fingerprint density at radius 3 is 2.80 bits per heavy atom. The maximum atomic E-state index is 11.7. The number of hydrogen-bond acceptors (Lipinski definition) is 3. The van der Waals surface area contributed by atoms with Crippen molar-refractivity contribution in [3.05, 3.63) is 0 Å². The van der Waals surface area contributed by atoms with Crippen molar-refractivity contribution in [1.82, 2.24) is 5.32 Å². The highest BCUT2D eigenvalue weighted by Crippen LogP contribution is 2.47. The first kappa shape index (κ1) is 10.5. The summed E-state index contributed by atoms with van der Waals surface area (Å²) in [7, 11) is 0. The average Bonchev–Trinajstić information content (AvgIpc) is 2.75. The van der Waals surface area contributed by atoms with E-state index in [4.69, 9.17) is 4.74 Å². The van der Waals surface area contributed by atoms with E-state index in [1.54, 1.807) is 6.92 Å². The lowest BCUT2D eigenvalue weighted by molar-refractivity contribution is -0.148. The Hall–Kier alpha value is -1.06. The number of hydrogen-bond donors (Lipinski definition) is 1. The largest absolute Gasteiger partial charge is 0.464 e. The van der Waals surface area contributed by atoms with Crippen LogP contribution in [0, 0.1) is 5.41 Å². The molecule has 4 heteroatoms. The summed E-state index contributed by atoms with van der Waals surface area (Å²) in [4.78, 5) is 23.1. The second kappa shape index (κ2) is 3.83. The van der Waals surface area contributed by atoms with Crippen molar-refractivity contribution in [2.45, 2.75) is 45.1 Å². The van der Waals surface area contributed by atoms with Crippen molar-refractivity contribution in [1.29, 1.82) is 0 Å². The van der Waals surface area contributed by atoms with Gasteiger partial charge in [0.2, 0.25) is 5.91 Å². The Bertz CT molecular complexity index is 282. The highest BCUT2D eigenvalue weighted by Gasteiger charge is 2.52. The van der Waals surface area contributed by atoms with Gasteiger partial charge in [-0.15, -0.1) is 0 Å². The Kier molecular flexibility index (Phi) is 2.67. The van der Waals surface area contributed by atoms with Gasteiger partial charge in [-0.1, -0.05) is 12.8 Å². The number of ether oxygens (including phenoxy) is 1. The van der Waals surface area contributed by atoms with Crippen LogP contribution in [-0.2, 0) is 14.3 Å². The van der Waals surface area contributed by atoms with Crippen molar-refractivity contribution in [2.24, 2.45) is 5.41 Å². The van der Waals surface area contributed by atoms with E-state index in [0.717, 1.165) is 25.7 Å². The molecule has 0 aromatic carbocycles. The molecular weight excluding hydrogens is 194 g/mol. The summed E-state index contributed by atoms with van der Waals surface area (Å²) < 4.78 is 5.01. The van der Waals surface area contributed by atoms with Gasteiger partial charge < -0.3 is 10.1 Å². The van der Waals surface area contributed by atoms with Crippen molar-refractivity contribution < 1.29 is 14.3 Å². The van der Waals surface area contributed by atoms with Gasteiger partial charge in [0, 0.05) is 11.8 Å². The molecule has 1 saturated carbocycles. The lowest BCUT2D eigenvalue weighted by Crippen LogP contribution is -2.43. The highest BCUT2D eigenvalue weighted by atomic mass is 16.5. The molecule has 1 aliphatic heterocycles. The third kappa shape index (κ3) is 1.73. The van der Waals surface area contributed by atoms with Gasteiger partial charge in [-0.05, 0) is 19.8 Å². The number of carbonyl (C=O) groups is 2. The van der Waals surface area contributed by atoms with E-state index >= 15 is 0 Å². The lowest BCUT2D eigenvalue weighted by Gasteiger charge is -2.27. The third-order valence-corrected chi connectivity index (χ3v) is 3.55. The number of amides is 1. The van der Waals surface area contributed by atoms with E-state index in [-0.39, 0.29) is 17.3 Å². The zero-order chi connectivity index (χ0) is 10.9. The van der Waals surface area contributed by atoms with Crippen LogP contribution in [0.2, 0.25) is 0 Å². The molecular formula is C11H17NO3. The fraction of sp³-hybridized carbons (Fsp3) is 0.818. The minimum atomic E-state index is -0.396. The summed E-state index contributed by atoms with van der Waals surface area (Å²) >= 11 is 0. The van der Waals surface area contributed by atoms with Gasteiger partial charge in [-0.2, -0.15) is 0 Å². The first-order valence-corrected chi connectivity index (χ1v) is 5.64. The van der Waals surface area contributed by atoms with Crippen molar-refractivity contribution >= 4 is 11.9 Å². The van der Waals surface area contributed by atoms with Crippen molar-refractivity contribution in [3.8, 4) is 0 Å². The van der Waals surface area contributed by atoms with Gasteiger partial charge >= 0.3 is 5.97 Å². The number of esters is 1. The summed E-state index contributed by atoms with van der Waals surface area (Å²) in [5.41, 5.74) is -0.136. The summed E-state index contributed by atoms with van der Waals surface area (Å²) in [5, 5.41) is 2.76. The molecule has 0 bridgehead atoms. The predicted molar refractivity (Wildman–Crippen MR) is 54.1 cm³/mol. The molecule has 2 rings (SSSR count). The third-order valence-electron chi connectivity index (χ3n) is 3.55. The van der Waals surface area contributed by atoms with Crippen LogP contribution in [0.3, 0.4) is 0 Å². The minimum Gasteiger partial charge on any atom is -0.464 e. The maximum Gasteiger partial charge on any atom is 0.329 e. The molecule has 1 unspecified atom stereocenters. The lowest BCUT2D eigenvalue weighted by atomic mass is 9.79. The van der Waals surface area contributed by atoms with Crippen LogP contribution in [0.15, 0.2) is 0 Å². The predicted octanol–water partition coefficient (Wildman–Crippen LogP) is 0.998. The molecule has 2 fully saturated rings. The molecule has 1 amide bonds. The normalized spacial score (nSPS) is 28.1. The van der Waals surface area contributed by atoms with E-state index in [0.29, 0.717) is 13.0 Å². The Labute approximate surface area is 89.4 Å². The number of carbonyl (C=O) groups excluding carboxylic acids is 2. The van der Waals surface area contributed by atoms with E-state index in [9.17, 15) is 9.59 Å². The molecule has 84 valence electrons. The minimum absolute atomic E-state index is 0.00467. The highest BCUT2D eigenvalue weighted by molar-refractivity contribution is 5.90. The quantitative estimate of drug-likeness (QED) is 0.693. The molecule has 4 nitrogen and oxygen atoms in total. The first-order valence-electron chi connectivity index (χ1n) is 5.64. The number of nitrogens with one attached hydrogen (secondary N) is 1. The summed E-state index contributed by atoms with van der Waals surface area (Å²) in [6.45, 7) is 2.16. The summed E-state index contributed by atoms with van der Waals surface area (Å²) in [6.07, 6.45) is 4.66. The molecule has 0 radical (unpaired) electrons. The summed E-state index contributed by atoms with van der Waals surface area (Å²) in [6, 6.07) is -0.396. The SMILES string of the molecule is CCOC(=O)C1NC(=O)CC12CCCC2. The molecule has 1 saturated heterocycles. The second-order valence-corrected chi connectivity index (χ2v) is 4.50. The monoisotopic (exact) mass is 211 g/mol. The first-order chi connectivity index (χ1) is 7.18. The average molecular weight is 211 g/mol. The van der Waals surface area contributed by atoms with Crippen LogP contribution in [0.1, 0.15) is 39.0 Å². The Morgan fingerprint density at radius 2 is 2.20 bits per heavy atom. The van der Waals surface area contributed by atoms with Crippen LogP contribution < -0.4 is 5.32 Å². The standard InChI is InChI=1S/C11H17NO3/c1-2-15-10(14)9-11(5-3-4-6-11)7-8(13)12-9/h9H,2-7H2,1H3,(H,12,13). The van der Waals surface area contributed by atoms with Crippen LogP contribution in [0.5, 0.6) is 0 Å². The topological polar surface area (TPSA) is 55.4 Å². The van der Waals surface area contributed by atoms with Crippen LogP contribution >= 0.6 is 0 Å². The van der Waals surface area contributed by atoms with Gasteiger partial charge in [-0.3, -0.25) is 4.79 Å². The van der Waals surface area contributed by atoms with Crippen LogP contribution in [0.4, 0.5) is 0 Å². The summed E-state index contributed by atoms with van der Waals surface area (Å²) in [5.74, 6) is -0.264. The van der Waals surface area contributed by atoms with Crippen molar-refractivity contribution in [3.63, 3.8) is 0 Å². The second-order valence-electron chi connectivity index (χ2n) is 4.50. The van der Waals surface area contributed by atoms with E-state index in [1.165, 1.54) is 0 Å². The molecule has 1 aliphatic carbocycles. The maximum absolute atomic E-state index is 11.7. The van der Waals surface area contributed by atoms with Gasteiger partial charge in [-0.25, -0.2) is 4.79 Å². The van der Waals surface area contributed by atoms with E-state index in [2.05, 4.69) is 5.32 Å². The zero-order valence-corrected chi connectivity index (χ0v) is 9.04. The zero-order valence-electron chi connectivity index (χ0n) is 9.04. The molecule has 1 atom stereocenters. The number of rotatable bonds is 2. The molecule has 15 heavy (non-hydrogen) atoms. The van der Waals surface area contributed by atoms with E-state index in [1.807, 2.05) is 0 Å². The smallest absolute Gasteiger partial charge is 0.329 e.